The molecule has 0 amide bonds. The smallest absolute Gasteiger partial charge is 0.273 e. The molecule has 2 N–H and O–H groups in total. The van der Waals surface area contributed by atoms with E-state index in [0.29, 0.717) is 0 Å². The number of anilines is 3. The van der Waals surface area contributed by atoms with Gasteiger partial charge in [0, 0.05) is 25.1 Å². The third kappa shape index (κ3) is 5.71. The molecule has 0 radical (unpaired) electrons. The molecule has 0 atom stereocenters. The minimum atomic E-state index is 0. The molecule has 0 unspecified atom stereocenters. The van der Waals surface area contributed by atoms with Gasteiger partial charge in [-0.2, -0.15) is 4.57 Å². The molecule has 34 heavy (non-hydrogen) atoms. The van der Waals surface area contributed by atoms with E-state index in [-0.39, 0.29) is 12.4 Å². The Balaban J connectivity index is 0.000000186. The monoisotopic (exact) mass is 472 g/mol. The first kappa shape index (κ1) is 24.7. The van der Waals surface area contributed by atoms with Gasteiger partial charge >= 0.3 is 0 Å². The van der Waals surface area contributed by atoms with Gasteiger partial charge in [0.05, 0.1) is 12.7 Å². The molecule has 0 saturated heterocycles. The Morgan fingerprint density at radius 3 is 2.26 bits per heavy atom. The van der Waals surface area contributed by atoms with Crippen molar-refractivity contribution in [2.75, 3.05) is 17.7 Å². The Morgan fingerprint density at radius 1 is 0.824 bits per heavy atom. The topological polar surface area (TPSA) is 58.7 Å². The molecule has 2 aromatic carbocycles. The van der Waals surface area contributed by atoms with Crippen molar-refractivity contribution < 1.29 is 17.0 Å². The summed E-state index contributed by atoms with van der Waals surface area (Å²) in [7, 11) is 3.93. The highest BCUT2D eigenvalue weighted by Gasteiger charge is 2.15. The molecule has 0 fully saturated rings. The van der Waals surface area contributed by atoms with Crippen LogP contribution in [0, 0.1) is 13.8 Å². The van der Waals surface area contributed by atoms with Gasteiger partial charge in [0.15, 0.2) is 11.3 Å². The van der Waals surface area contributed by atoms with E-state index >= 15 is 0 Å². The summed E-state index contributed by atoms with van der Waals surface area (Å²) in [6, 6.07) is 24.6. The fraction of sp³-hybridized carbons (Fsp3) is 0.148. The summed E-state index contributed by atoms with van der Waals surface area (Å²) in [5.41, 5.74) is 7.79. The zero-order valence-corrected chi connectivity index (χ0v) is 20.6. The maximum Gasteiger partial charge on any atom is 0.273 e. The molecule has 0 spiro atoms. The number of hydrogen-bond acceptors (Lipinski definition) is 4. The van der Waals surface area contributed by atoms with Crippen molar-refractivity contribution in [3.63, 3.8) is 0 Å². The first-order valence-corrected chi connectivity index (χ1v) is 10.9. The van der Waals surface area contributed by atoms with Crippen molar-refractivity contribution in [3.05, 3.63) is 103 Å². The minimum absolute atomic E-state index is 0. The quantitative estimate of drug-likeness (QED) is 0.394. The van der Waals surface area contributed by atoms with E-state index in [2.05, 4.69) is 92.4 Å². The highest BCUT2D eigenvalue weighted by molar-refractivity contribution is 5.70. The second-order valence-corrected chi connectivity index (χ2v) is 7.93. The largest absolute Gasteiger partial charge is 1.00 e. The highest BCUT2D eigenvalue weighted by atomic mass is 35.5. The summed E-state index contributed by atoms with van der Waals surface area (Å²) in [5, 5.41) is 6.40. The molecule has 174 valence electrons. The predicted octanol–water partition coefficient (Wildman–Crippen LogP) is 2.34. The number of benzene rings is 2. The van der Waals surface area contributed by atoms with Crippen molar-refractivity contribution in [1.82, 2.24) is 14.5 Å². The zero-order valence-electron chi connectivity index (χ0n) is 19.8. The lowest BCUT2D eigenvalue weighted by molar-refractivity contribution is -0.645. The maximum absolute atomic E-state index is 4.45. The van der Waals surface area contributed by atoms with Crippen LogP contribution in [0.5, 0.6) is 0 Å². The van der Waals surface area contributed by atoms with Gasteiger partial charge in [-0.1, -0.05) is 24.3 Å². The van der Waals surface area contributed by atoms with Crippen LogP contribution in [0.1, 0.15) is 11.1 Å². The molecule has 3 aromatic heterocycles. The Hall–Kier alpha value is -3.90. The SMILES string of the molecule is CNc1cccnc1Nc1cccc(C)c1.Cc1cccc(-n2c[n+](C)c3cccnc32)c1.[Cl-]. The van der Waals surface area contributed by atoms with Crippen LogP contribution in [0.4, 0.5) is 17.2 Å². The van der Waals surface area contributed by atoms with E-state index in [4.69, 9.17) is 0 Å². The van der Waals surface area contributed by atoms with Crippen molar-refractivity contribution in [2.45, 2.75) is 13.8 Å². The summed E-state index contributed by atoms with van der Waals surface area (Å²) in [4.78, 5) is 8.75. The molecule has 0 saturated carbocycles. The van der Waals surface area contributed by atoms with Crippen LogP contribution in [-0.4, -0.2) is 21.6 Å². The molecular formula is C27H29ClN6. The summed E-state index contributed by atoms with van der Waals surface area (Å²) in [6.07, 6.45) is 5.67. The van der Waals surface area contributed by atoms with Crippen molar-refractivity contribution in [3.8, 4) is 5.69 Å². The molecule has 6 nitrogen and oxygen atoms in total. The van der Waals surface area contributed by atoms with E-state index in [1.807, 2.05) is 50.6 Å². The molecule has 7 heteroatoms. The van der Waals surface area contributed by atoms with Crippen molar-refractivity contribution in [1.29, 1.82) is 0 Å². The van der Waals surface area contributed by atoms with Crippen molar-refractivity contribution in [2.24, 2.45) is 7.05 Å². The van der Waals surface area contributed by atoms with Crippen LogP contribution in [-0.2, 0) is 7.05 Å². The number of hydrogen-bond donors (Lipinski definition) is 2. The molecule has 5 aromatic rings. The Kier molecular flexibility index (Phi) is 8.22. The maximum atomic E-state index is 4.45. The van der Waals surface area contributed by atoms with Crippen LogP contribution >= 0.6 is 0 Å². The van der Waals surface area contributed by atoms with Gasteiger partial charge in [0.2, 0.25) is 0 Å². The van der Waals surface area contributed by atoms with Crippen LogP contribution in [0.2, 0.25) is 0 Å². The summed E-state index contributed by atoms with van der Waals surface area (Å²) < 4.78 is 4.20. The summed E-state index contributed by atoms with van der Waals surface area (Å²) >= 11 is 0. The second kappa shape index (κ2) is 11.3. The number of halogens is 1. The molecule has 5 rings (SSSR count). The molecule has 0 aliphatic rings. The molecule has 3 heterocycles. The highest BCUT2D eigenvalue weighted by Crippen LogP contribution is 2.22. The lowest BCUT2D eigenvalue weighted by Gasteiger charge is -2.10. The number of rotatable bonds is 4. The second-order valence-electron chi connectivity index (χ2n) is 7.93. The normalized spacial score (nSPS) is 10.1. The fourth-order valence-corrected chi connectivity index (χ4v) is 3.67. The van der Waals surface area contributed by atoms with E-state index in [9.17, 15) is 0 Å². The third-order valence-electron chi connectivity index (χ3n) is 5.30. The summed E-state index contributed by atoms with van der Waals surface area (Å²) in [6.45, 7) is 4.17. The minimum Gasteiger partial charge on any atom is -1.00 e. The zero-order chi connectivity index (χ0) is 23.2. The van der Waals surface area contributed by atoms with E-state index < -0.39 is 0 Å². The lowest BCUT2D eigenvalue weighted by atomic mass is 10.2. The van der Waals surface area contributed by atoms with Crippen LogP contribution in [0.15, 0.2) is 91.5 Å². The van der Waals surface area contributed by atoms with Gasteiger partial charge < -0.3 is 23.0 Å². The number of aromatic nitrogens is 4. The van der Waals surface area contributed by atoms with Gasteiger partial charge in [0.1, 0.15) is 5.69 Å². The first-order valence-electron chi connectivity index (χ1n) is 10.9. The predicted molar refractivity (Wildman–Crippen MR) is 135 cm³/mol. The number of pyridine rings is 2. The van der Waals surface area contributed by atoms with Gasteiger partial charge in [-0.25, -0.2) is 14.5 Å². The Morgan fingerprint density at radius 2 is 1.53 bits per heavy atom. The van der Waals surface area contributed by atoms with Crippen LogP contribution in [0.3, 0.4) is 0 Å². The first-order chi connectivity index (χ1) is 16.0. The average Bonchev–Trinajstić information content (AvgIpc) is 3.17. The third-order valence-corrected chi connectivity index (χ3v) is 5.30. The number of nitrogens with zero attached hydrogens (tertiary/aromatic N) is 4. The molecular weight excluding hydrogens is 444 g/mol. The fourth-order valence-electron chi connectivity index (χ4n) is 3.67. The molecule has 0 aliphatic heterocycles. The number of imidazole rings is 1. The Labute approximate surface area is 206 Å². The van der Waals surface area contributed by atoms with Crippen molar-refractivity contribution >= 4 is 28.4 Å². The molecule has 0 aliphatic carbocycles. The van der Waals surface area contributed by atoms with Gasteiger partial charge in [0.25, 0.3) is 12.0 Å². The standard InChI is InChI=1S/C14H14N3.C13H15N3.ClH/c1-11-5-3-6-12(9-11)17-10-16(2)13-7-4-8-15-14(13)17;1-10-5-3-6-11(9-10)16-13-12(14-2)7-4-8-15-13;/h3-10H,1-2H3;3-9,14H,1-2H3,(H,15,16);1H/q+1;;/p-1. The summed E-state index contributed by atoms with van der Waals surface area (Å²) in [5.74, 6) is 0.843. The van der Waals surface area contributed by atoms with Gasteiger partial charge in [-0.05, 0) is 73.5 Å². The van der Waals surface area contributed by atoms with Crippen LogP contribution in [0.25, 0.3) is 16.9 Å². The number of aryl methyl sites for hydroxylation is 3. The van der Waals surface area contributed by atoms with Gasteiger partial charge in [-0.3, -0.25) is 0 Å². The Bertz CT molecular complexity index is 1380. The number of nitrogens with one attached hydrogen (secondary N) is 2. The van der Waals surface area contributed by atoms with E-state index in [1.165, 1.54) is 11.1 Å². The van der Waals surface area contributed by atoms with E-state index in [0.717, 1.165) is 34.0 Å². The number of fused-ring (bicyclic) bond motifs is 1. The van der Waals surface area contributed by atoms with Crippen LogP contribution < -0.4 is 27.6 Å². The average molecular weight is 473 g/mol. The van der Waals surface area contributed by atoms with Gasteiger partial charge in [-0.15, -0.1) is 0 Å². The lowest BCUT2D eigenvalue weighted by Crippen LogP contribution is -3.00. The molecule has 0 bridgehead atoms. The van der Waals surface area contributed by atoms with E-state index in [1.54, 1.807) is 6.20 Å².